The molecule has 0 radical (unpaired) electrons. The molecule has 23 heavy (non-hydrogen) atoms. The monoisotopic (exact) mass is 321 g/mol. The molecule has 0 bridgehead atoms. The fourth-order valence-electron chi connectivity index (χ4n) is 2.58. The van der Waals surface area contributed by atoms with Crippen LogP contribution in [0.2, 0.25) is 0 Å². The van der Waals surface area contributed by atoms with E-state index in [1.807, 2.05) is 30.1 Å². The van der Waals surface area contributed by atoms with Gasteiger partial charge in [0.2, 0.25) is 6.79 Å². The van der Waals surface area contributed by atoms with E-state index >= 15 is 0 Å². The molecule has 6 heteroatoms. The maximum atomic E-state index is 13.7. The summed E-state index contributed by atoms with van der Waals surface area (Å²) in [5.74, 6) is 0.00647. The number of nitrogens with zero attached hydrogens (tertiary/aromatic N) is 1. The number of hydrogen-bond donors (Lipinski definition) is 1. The Morgan fingerprint density at radius 3 is 2.70 bits per heavy atom. The van der Waals surface area contributed by atoms with Crippen molar-refractivity contribution >= 4 is 0 Å². The Morgan fingerprint density at radius 2 is 1.91 bits per heavy atom. The van der Waals surface area contributed by atoms with Crippen LogP contribution in [0.25, 0.3) is 0 Å². The van der Waals surface area contributed by atoms with E-state index in [-0.39, 0.29) is 18.9 Å². The third-order valence-corrected chi connectivity index (χ3v) is 3.70. The van der Waals surface area contributed by atoms with E-state index in [0.29, 0.717) is 18.0 Å². The van der Waals surface area contributed by atoms with E-state index in [2.05, 4.69) is 0 Å². The number of benzene rings is 2. The first kappa shape index (κ1) is 15.7. The minimum atomic E-state index is -1.03. The van der Waals surface area contributed by atoms with Crippen LogP contribution in [0.4, 0.5) is 8.78 Å². The SMILES string of the molecule is CN(Cc1ccc2c(c1)OCO2)CC(O)c1ccc(F)cc1F. The van der Waals surface area contributed by atoms with Crippen LogP contribution in [0.5, 0.6) is 11.5 Å². The van der Waals surface area contributed by atoms with Crippen LogP contribution in [0.1, 0.15) is 17.2 Å². The van der Waals surface area contributed by atoms with Crippen LogP contribution >= 0.6 is 0 Å². The molecule has 1 unspecified atom stereocenters. The van der Waals surface area contributed by atoms with Gasteiger partial charge in [0.25, 0.3) is 0 Å². The van der Waals surface area contributed by atoms with Crippen molar-refractivity contribution in [2.75, 3.05) is 20.4 Å². The van der Waals surface area contributed by atoms with Gasteiger partial charge in [0, 0.05) is 24.7 Å². The molecule has 2 aromatic rings. The largest absolute Gasteiger partial charge is 0.454 e. The van der Waals surface area contributed by atoms with Crippen molar-refractivity contribution in [2.24, 2.45) is 0 Å². The van der Waals surface area contributed by atoms with Gasteiger partial charge in [-0.25, -0.2) is 8.78 Å². The highest BCUT2D eigenvalue weighted by molar-refractivity contribution is 5.44. The van der Waals surface area contributed by atoms with Gasteiger partial charge >= 0.3 is 0 Å². The second-order valence-corrected chi connectivity index (χ2v) is 5.57. The van der Waals surface area contributed by atoms with E-state index in [0.717, 1.165) is 17.7 Å². The highest BCUT2D eigenvalue weighted by Gasteiger charge is 2.17. The topological polar surface area (TPSA) is 41.9 Å². The minimum Gasteiger partial charge on any atom is -0.454 e. The molecule has 122 valence electrons. The lowest BCUT2D eigenvalue weighted by molar-refractivity contribution is 0.120. The van der Waals surface area contributed by atoms with E-state index in [1.54, 1.807) is 0 Å². The number of likely N-dealkylation sites (N-methyl/N-ethyl adjacent to an activating group) is 1. The van der Waals surface area contributed by atoms with Gasteiger partial charge in [-0.3, -0.25) is 4.90 Å². The summed E-state index contributed by atoms with van der Waals surface area (Å²) < 4.78 is 37.2. The maximum absolute atomic E-state index is 13.7. The summed E-state index contributed by atoms with van der Waals surface area (Å²) in [5.41, 5.74) is 1.08. The van der Waals surface area contributed by atoms with Gasteiger partial charge in [-0.05, 0) is 30.8 Å². The van der Waals surface area contributed by atoms with Crippen LogP contribution in [0.3, 0.4) is 0 Å². The number of aliphatic hydroxyl groups is 1. The average Bonchev–Trinajstić information content (AvgIpc) is 2.94. The Labute approximate surface area is 132 Å². The Kier molecular flexibility index (Phi) is 4.45. The zero-order chi connectivity index (χ0) is 16.4. The summed E-state index contributed by atoms with van der Waals surface area (Å²) >= 11 is 0. The van der Waals surface area contributed by atoms with Gasteiger partial charge in [0.1, 0.15) is 11.6 Å². The average molecular weight is 321 g/mol. The molecular weight excluding hydrogens is 304 g/mol. The van der Waals surface area contributed by atoms with Crippen molar-refractivity contribution in [3.8, 4) is 11.5 Å². The first-order valence-electron chi connectivity index (χ1n) is 7.23. The zero-order valence-corrected chi connectivity index (χ0v) is 12.6. The smallest absolute Gasteiger partial charge is 0.231 e. The van der Waals surface area contributed by atoms with Crippen molar-refractivity contribution in [1.82, 2.24) is 4.90 Å². The quantitative estimate of drug-likeness (QED) is 0.919. The molecule has 0 amide bonds. The van der Waals surface area contributed by atoms with E-state index < -0.39 is 17.7 Å². The molecule has 0 fully saturated rings. The fraction of sp³-hybridized carbons (Fsp3) is 0.294. The third-order valence-electron chi connectivity index (χ3n) is 3.70. The molecule has 1 N–H and O–H groups in total. The number of halogens is 2. The summed E-state index contributed by atoms with van der Waals surface area (Å²) in [7, 11) is 1.81. The van der Waals surface area contributed by atoms with Crippen molar-refractivity contribution < 1.29 is 23.4 Å². The molecule has 3 rings (SSSR count). The van der Waals surface area contributed by atoms with Crippen LogP contribution in [0.15, 0.2) is 36.4 Å². The molecule has 1 aliphatic rings. The van der Waals surface area contributed by atoms with Gasteiger partial charge < -0.3 is 14.6 Å². The highest BCUT2D eigenvalue weighted by Crippen LogP contribution is 2.32. The third kappa shape index (κ3) is 3.60. The summed E-state index contributed by atoms with van der Waals surface area (Å²) in [6, 6.07) is 8.81. The first-order valence-corrected chi connectivity index (χ1v) is 7.23. The number of rotatable bonds is 5. The first-order chi connectivity index (χ1) is 11.0. The normalized spacial score (nSPS) is 14.3. The summed E-state index contributed by atoms with van der Waals surface area (Å²) in [5, 5.41) is 10.1. The second kappa shape index (κ2) is 6.52. The van der Waals surface area contributed by atoms with Gasteiger partial charge in [-0.1, -0.05) is 12.1 Å². The minimum absolute atomic E-state index is 0.0870. The molecular formula is C17H17F2NO3. The van der Waals surface area contributed by atoms with Crippen molar-refractivity contribution in [2.45, 2.75) is 12.6 Å². The molecule has 0 aliphatic carbocycles. The summed E-state index contributed by atoms with van der Waals surface area (Å²) in [4.78, 5) is 1.85. The molecule has 2 aromatic carbocycles. The molecule has 1 heterocycles. The van der Waals surface area contributed by atoms with Gasteiger partial charge in [-0.15, -0.1) is 0 Å². The molecule has 1 aliphatic heterocycles. The molecule has 4 nitrogen and oxygen atoms in total. The zero-order valence-electron chi connectivity index (χ0n) is 12.6. The Morgan fingerprint density at radius 1 is 1.13 bits per heavy atom. The van der Waals surface area contributed by atoms with Gasteiger partial charge in [0.05, 0.1) is 6.10 Å². The Bertz CT molecular complexity index is 708. The van der Waals surface area contributed by atoms with Crippen molar-refractivity contribution in [3.05, 3.63) is 59.2 Å². The van der Waals surface area contributed by atoms with Gasteiger partial charge in [-0.2, -0.15) is 0 Å². The van der Waals surface area contributed by atoms with E-state index in [9.17, 15) is 13.9 Å². The van der Waals surface area contributed by atoms with Crippen LogP contribution in [-0.2, 0) is 6.54 Å². The van der Waals surface area contributed by atoms with Crippen LogP contribution in [0, 0.1) is 11.6 Å². The highest BCUT2D eigenvalue weighted by atomic mass is 19.1. The standard InChI is InChI=1S/C17H17F2NO3/c1-20(8-11-2-5-16-17(6-11)23-10-22-16)9-15(21)13-4-3-12(18)7-14(13)19/h2-7,15,21H,8-10H2,1H3. The van der Waals surface area contributed by atoms with Crippen LogP contribution in [-0.4, -0.2) is 30.4 Å². The second-order valence-electron chi connectivity index (χ2n) is 5.57. The van der Waals surface area contributed by atoms with Crippen molar-refractivity contribution in [1.29, 1.82) is 0 Å². The number of ether oxygens (including phenoxy) is 2. The predicted octanol–water partition coefficient (Wildman–Crippen LogP) is 2.86. The predicted molar refractivity (Wildman–Crippen MR) is 80.2 cm³/mol. The van der Waals surface area contributed by atoms with Crippen molar-refractivity contribution in [3.63, 3.8) is 0 Å². The van der Waals surface area contributed by atoms with Gasteiger partial charge in [0.15, 0.2) is 11.5 Å². The lowest BCUT2D eigenvalue weighted by atomic mass is 10.1. The Balaban J connectivity index is 1.63. The van der Waals surface area contributed by atoms with E-state index in [1.165, 1.54) is 6.07 Å². The fourth-order valence-corrected chi connectivity index (χ4v) is 2.58. The summed E-state index contributed by atoms with van der Waals surface area (Å²) in [6.45, 7) is 0.991. The Hall–Kier alpha value is -2.18. The molecule has 0 saturated heterocycles. The molecule has 0 saturated carbocycles. The number of fused-ring (bicyclic) bond motifs is 1. The number of aliphatic hydroxyl groups excluding tert-OH is 1. The molecule has 1 atom stereocenters. The van der Waals surface area contributed by atoms with E-state index in [4.69, 9.17) is 9.47 Å². The number of hydrogen-bond acceptors (Lipinski definition) is 4. The lowest BCUT2D eigenvalue weighted by Gasteiger charge is -2.21. The molecule has 0 spiro atoms. The maximum Gasteiger partial charge on any atom is 0.231 e. The lowest BCUT2D eigenvalue weighted by Crippen LogP contribution is -2.24. The summed E-state index contributed by atoms with van der Waals surface area (Å²) in [6.07, 6.45) is -1.03. The molecule has 0 aromatic heterocycles. The van der Waals surface area contributed by atoms with Crippen LogP contribution < -0.4 is 9.47 Å².